The van der Waals surface area contributed by atoms with Crippen LogP contribution in [-0.2, 0) is 59.8 Å². The smallest absolute Gasteiger partial charge is 0.388 e. The van der Waals surface area contributed by atoms with Crippen LogP contribution in [-0.4, -0.2) is 60.6 Å². The number of halogens is 1. The Morgan fingerprint density at radius 2 is 1.76 bits per heavy atom. The van der Waals surface area contributed by atoms with Gasteiger partial charge in [-0.05, 0) is 78.8 Å². The molecule has 290 valence electrons. The summed E-state index contributed by atoms with van der Waals surface area (Å²) in [5.41, 5.74) is 5.84. The number of carbonyl (C=O) groups excluding carboxylic acids is 1. The molecule has 0 saturated heterocycles. The number of rotatable bonds is 18. The summed E-state index contributed by atoms with van der Waals surface area (Å²) < 4.78 is 71.6. The SMILES string of the molecule is CCOC(=O)CC(c1ccc(F)c(CN2CC=C(OCc3ccccc3)OS2(=O)=O)c1)c1ccc2c(nnn2CCCCOCc2ccc(OC)cc2)c1C. The Morgan fingerprint density at radius 3 is 2.51 bits per heavy atom. The molecule has 14 heteroatoms. The Kier molecular flexibility index (Phi) is 13.1. The van der Waals surface area contributed by atoms with E-state index in [2.05, 4.69) is 10.3 Å². The molecule has 0 fully saturated rings. The van der Waals surface area contributed by atoms with Gasteiger partial charge in [0.05, 0.1) is 32.3 Å². The number of hydrogen-bond donors (Lipinski definition) is 0. The van der Waals surface area contributed by atoms with Crippen LogP contribution < -0.4 is 4.74 Å². The first-order valence-electron chi connectivity index (χ1n) is 18.2. The first-order valence-corrected chi connectivity index (χ1v) is 19.6. The van der Waals surface area contributed by atoms with Crippen molar-refractivity contribution in [2.45, 2.75) is 65.3 Å². The van der Waals surface area contributed by atoms with Gasteiger partial charge >= 0.3 is 16.3 Å². The fourth-order valence-electron chi connectivity index (χ4n) is 6.43. The monoisotopic (exact) mass is 772 g/mol. The van der Waals surface area contributed by atoms with E-state index in [1.54, 1.807) is 26.2 Å². The number of ether oxygens (including phenoxy) is 4. The highest BCUT2D eigenvalue weighted by atomic mass is 32.2. The molecule has 0 N–H and O–H groups in total. The zero-order valence-electron chi connectivity index (χ0n) is 31.1. The molecule has 1 aliphatic rings. The number of hydrogen-bond acceptors (Lipinski definition) is 10. The van der Waals surface area contributed by atoms with Gasteiger partial charge in [-0.2, -0.15) is 12.7 Å². The predicted molar refractivity (Wildman–Crippen MR) is 203 cm³/mol. The van der Waals surface area contributed by atoms with Gasteiger partial charge in [-0.1, -0.05) is 65.9 Å². The van der Waals surface area contributed by atoms with E-state index in [1.165, 1.54) is 12.1 Å². The van der Waals surface area contributed by atoms with Crippen molar-refractivity contribution in [1.29, 1.82) is 0 Å². The minimum absolute atomic E-state index is 0.0219. The number of nitrogens with zero attached hydrogens (tertiary/aromatic N) is 4. The van der Waals surface area contributed by atoms with Crippen molar-refractivity contribution in [3.63, 3.8) is 0 Å². The summed E-state index contributed by atoms with van der Waals surface area (Å²) in [4.78, 5) is 12.9. The summed E-state index contributed by atoms with van der Waals surface area (Å²) in [6, 6.07) is 25.4. The lowest BCUT2D eigenvalue weighted by Crippen LogP contribution is -2.36. The van der Waals surface area contributed by atoms with Gasteiger partial charge in [0, 0.05) is 43.8 Å². The van der Waals surface area contributed by atoms with E-state index in [-0.39, 0.29) is 44.2 Å². The van der Waals surface area contributed by atoms with Gasteiger partial charge in [-0.25, -0.2) is 9.07 Å². The third-order valence-electron chi connectivity index (χ3n) is 9.38. The van der Waals surface area contributed by atoms with E-state index in [1.807, 2.05) is 78.3 Å². The maximum absolute atomic E-state index is 15.3. The van der Waals surface area contributed by atoms with Crippen molar-refractivity contribution in [3.8, 4) is 5.75 Å². The van der Waals surface area contributed by atoms with Crippen molar-refractivity contribution in [2.24, 2.45) is 0 Å². The van der Waals surface area contributed by atoms with E-state index >= 15 is 4.39 Å². The number of carbonyl (C=O) groups is 1. The Balaban J connectivity index is 1.14. The predicted octanol–water partition coefficient (Wildman–Crippen LogP) is 7.10. The van der Waals surface area contributed by atoms with Crippen molar-refractivity contribution in [1.82, 2.24) is 19.3 Å². The molecule has 1 unspecified atom stereocenters. The molecular weight excluding hydrogens is 728 g/mol. The highest BCUT2D eigenvalue weighted by molar-refractivity contribution is 7.84. The Labute approximate surface area is 320 Å². The van der Waals surface area contributed by atoms with Gasteiger partial charge in [0.2, 0.25) is 0 Å². The molecule has 1 aromatic heterocycles. The summed E-state index contributed by atoms with van der Waals surface area (Å²) >= 11 is 0. The largest absolute Gasteiger partial charge is 0.497 e. The highest BCUT2D eigenvalue weighted by Gasteiger charge is 2.31. The topological polar surface area (TPSA) is 131 Å². The molecule has 6 rings (SSSR count). The Morgan fingerprint density at radius 1 is 0.982 bits per heavy atom. The molecule has 1 atom stereocenters. The molecule has 0 bridgehead atoms. The van der Waals surface area contributed by atoms with Crippen LogP contribution in [0.3, 0.4) is 0 Å². The number of aromatic nitrogens is 3. The number of fused-ring (bicyclic) bond motifs is 1. The van der Waals surface area contributed by atoms with Crippen LogP contribution in [0, 0.1) is 12.7 Å². The molecule has 2 heterocycles. The van der Waals surface area contributed by atoms with E-state index in [4.69, 9.17) is 23.1 Å². The van der Waals surface area contributed by atoms with Crippen LogP contribution in [0.15, 0.2) is 97.0 Å². The lowest BCUT2D eigenvalue weighted by Gasteiger charge is -2.26. The second kappa shape index (κ2) is 18.3. The summed E-state index contributed by atoms with van der Waals surface area (Å²) in [5.74, 6) is -0.882. The molecule has 1 aliphatic heterocycles. The zero-order chi connectivity index (χ0) is 38.8. The van der Waals surface area contributed by atoms with Crippen LogP contribution in [0.2, 0.25) is 0 Å². The molecule has 4 aromatic carbocycles. The minimum atomic E-state index is -4.29. The molecule has 55 heavy (non-hydrogen) atoms. The van der Waals surface area contributed by atoms with Gasteiger partial charge in [0.15, 0.2) is 0 Å². The standard InChI is InChI=1S/C41H45FN4O8S/c1-4-52-39(47)25-36(32-14-18-37(42)33(24-32)26-45-22-20-40(54-55(45,48)49)53-28-30-10-6-5-7-11-30)35-17-19-38-41(29(35)2)43-44-46(38)21-8-9-23-51-27-31-12-15-34(50-3)16-13-31/h5-7,10-20,24,36H,4,8-9,21-23,25-28H2,1-3H3. The molecule has 0 saturated carbocycles. The first kappa shape index (κ1) is 39.4. The van der Waals surface area contributed by atoms with Gasteiger partial charge in [-0.3, -0.25) is 4.79 Å². The number of methoxy groups -OCH3 is 1. The summed E-state index contributed by atoms with van der Waals surface area (Å²) in [5, 5.41) is 8.92. The fraction of sp³-hybridized carbons (Fsp3) is 0.341. The molecule has 0 amide bonds. The summed E-state index contributed by atoms with van der Waals surface area (Å²) in [6.45, 7) is 5.39. The third kappa shape index (κ3) is 10.1. The third-order valence-corrected chi connectivity index (χ3v) is 10.7. The van der Waals surface area contributed by atoms with Gasteiger partial charge in [0.1, 0.15) is 23.7 Å². The molecule has 12 nitrogen and oxygen atoms in total. The molecular formula is C41H45FN4O8S. The Hall–Kier alpha value is -5.31. The minimum Gasteiger partial charge on any atom is -0.497 e. The van der Waals surface area contributed by atoms with Gasteiger partial charge in [0.25, 0.3) is 5.95 Å². The average molecular weight is 773 g/mol. The molecule has 0 spiro atoms. The average Bonchev–Trinajstić information content (AvgIpc) is 3.60. The van der Waals surface area contributed by atoms with E-state index < -0.39 is 28.0 Å². The van der Waals surface area contributed by atoms with Crippen LogP contribution in [0.5, 0.6) is 5.75 Å². The highest BCUT2D eigenvalue weighted by Crippen LogP contribution is 2.35. The molecule has 0 radical (unpaired) electrons. The van der Waals surface area contributed by atoms with Crippen molar-refractivity contribution < 1.29 is 40.7 Å². The van der Waals surface area contributed by atoms with E-state index in [0.717, 1.165) is 50.7 Å². The first-order chi connectivity index (χ1) is 26.6. The maximum atomic E-state index is 15.3. The lowest BCUT2D eigenvalue weighted by molar-refractivity contribution is -0.143. The summed E-state index contributed by atoms with van der Waals surface area (Å²) in [7, 11) is -2.65. The van der Waals surface area contributed by atoms with Gasteiger partial charge < -0.3 is 23.1 Å². The van der Waals surface area contributed by atoms with Crippen molar-refractivity contribution >= 4 is 27.3 Å². The normalized spacial score (nSPS) is 14.6. The Bertz CT molecular complexity index is 2210. The summed E-state index contributed by atoms with van der Waals surface area (Å²) in [6.07, 6.45) is 3.15. The van der Waals surface area contributed by atoms with Crippen LogP contribution in [0.4, 0.5) is 4.39 Å². The van der Waals surface area contributed by atoms with Crippen molar-refractivity contribution in [2.75, 3.05) is 26.9 Å². The molecule has 5 aromatic rings. The maximum Gasteiger partial charge on any atom is 0.388 e. The number of esters is 1. The number of unbranched alkanes of at least 4 members (excludes halogenated alkanes) is 1. The second-order valence-electron chi connectivity index (χ2n) is 13.1. The lowest BCUT2D eigenvalue weighted by atomic mass is 9.85. The molecule has 0 aliphatic carbocycles. The van der Waals surface area contributed by atoms with Crippen LogP contribution >= 0.6 is 0 Å². The second-order valence-corrected chi connectivity index (χ2v) is 14.6. The van der Waals surface area contributed by atoms with Crippen LogP contribution in [0.25, 0.3) is 11.0 Å². The number of benzene rings is 4. The van der Waals surface area contributed by atoms with E-state index in [9.17, 15) is 13.2 Å². The van der Waals surface area contributed by atoms with E-state index in [0.29, 0.717) is 30.8 Å². The quantitative estimate of drug-likeness (QED) is 0.0671. The fourth-order valence-corrected chi connectivity index (χ4v) is 7.42. The zero-order valence-corrected chi connectivity index (χ0v) is 32.0. The van der Waals surface area contributed by atoms with Gasteiger partial charge in [-0.15, -0.1) is 5.10 Å². The van der Waals surface area contributed by atoms with Crippen molar-refractivity contribution in [3.05, 3.63) is 136 Å². The number of aryl methyl sites for hydroxylation is 2. The van der Waals surface area contributed by atoms with Crippen LogP contribution in [0.1, 0.15) is 65.5 Å².